The van der Waals surface area contributed by atoms with Crippen molar-refractivity contribution in [1.82, 2.24) is 5.32 Å². The summed E-state index contributed by atoms with van der Waals surface area (Å²) in [6.07, 6.45) is 8.18. The summed E-state index contributed by atoms with van der Waals surface area (Å²) in [7, 11) is 0. The van der Waals surface area contributed by atoms with Gasteiger partial charge in [-0.05, 0) is 51.0 Å². The lowest BCUT2D eigenvalue weighted by Gasteiger charge is -2.25. The van der Waals surface area contributed by atoms with Crippen LogP contribution in [0.4, 0.5) is 0 Å². The molecule has 3 nitrogen and oxygen atoms in total. The van der Waals surface area contributed by atoms with E-state index in [1.807, 2.05) is 0 Å². The zero-order chi connectivity index (χ0) is 12.5. The van der Waals surface area contributed by atoms with Crippen molar-refractivity contribution < 1.29 is 4.79 Å². The van der Waals surface area contributed by atoms with Crippen molar-refractivity contribution in [3.05, 3.63) is 0 Å². The van der Waals surface area contributed by atoms with Crippen LogP contribution in [0.3, 0.4) is 0 Å². The second-order valence-electron chi connectivity index (χ2n) is 5.02. The molecule has 0 bridgehead atoms. The average Bonchev–Trinajstić information content (AvgIpc) is 2.34. The molecule has 0 saturated heterocycles. The predicted molar refractivity (Wildman–Crippen MR) is 72.1 cm³/mol. The number of amides is 1. The highest BCUT2D eigenvalue weighted by molar-refractivity contribution is 6.20. The number of unbranched alkanes of at least 4 members (excludes halogenated alkanes) is 2. The highest BCUT2D eigenvalue weighted by Crippen LogP contribution is 2.26. The Labute approximate surface area is 109 Å². The second kappa shape index (κ2) is 8.76. The third kappa shape index (κ3) is 6.89. The molecular weight excluding hydrogens is 236 g/mol. The van der Waals surface area contributed by atoms with E-state index in [0.29, 0.717) is 17.7 Å². The molecule has 1 saturated carbocycles. The van der Waals surface area contributed by atoms with Crippen molar-refractivity contribution in [3.8, 4) is 0 Å². The van der Waals surface area contributed by atoms with Gasteiger partial charge in [-0.2, -0.15) is 0 Å². The number of carbonyl (C=O) groups excluding carboxylic acids is 1. The largest absolute Gasteiger partial charge is 0.356 e. The molecule has 3 N–H and O–H groups in total. The van der Waals surface area contributed by atoms with Crippen molar-refractivity contribution in [3.63, 3.8) is 0 Å². The Hall–Kier alpha value is -0.280. The fraction of sp³-hybridized carbons (Fsp3) is 0.923. The van der Waals surface area contributed by atoms with Crippen LogP contribution in [0.5, 0.6) is 0 Å². The lowest BCUT2D eigenvalue weighted by atomic mass is 9.89. The van der Waals surface area contributed by atoms with E-state index in [0.717, 1.165) is 58.0 Å². The number of alkyl halides is 1. The quantitative estimate of drug-likeness (QED) is 0.546. The first-order valence-corrected chi connectivity index (χ1v) is 7.27. The molecule has 1 aliphatic rings. The van der Waals surface area contributed by atoms with Crippen molar-refractivity contribution in [1.29, 1.82) is 0 Å². The maximum Gasteiger partial charge on any atom is 0.220 e. The maximum atomic E-state index is 11.5. The Morgan fingerprint density at radius 3 is 2.53 bits per heavy atom. The smallest absolute Gasteiger partial charge is 0.220 e. The number of hydrogen-bond donors (Lipinski definition) is 2. The van der Waals surface area contributed by atoms with E-state index in [1.54, 1.807) is 0 Å². The summed E-state index contributed by atoms with van der Waals surface area (Å²) in [5, 5.41) is 3.39. The van der Waals surface area contributed by atoms with Gasteiger partial charge in [0.15, 0.2) is 0 Å². The number of rotatable bonds is 7. The number of hydrogen-bond acceptors (Lipinski definition) is 2. The maximum absolute atomic E-state index is 11.5. The molecule has 1 amide bonds. The van der Waals surface area contributed by atoms with Crippen LogP contribution in [-0.2, 0) is 4.79 Å². The van der Waals surface area contributed by atoms with Gasteiger partial charge in [-0.25, -0.2) is 0 Å². The first-order chi connectivity index (χ1) is 8.22. The Morgan fingerprint density at radius 1 is 1.18 bits per heavy atom. The Balaban J connectivity index is 1.99. The predicted octanol–water partition coefficient (Wildman–Crippen LogP) is 2.42. The van der Waals surface area contributed by atoms with E-state index in [-0.39, 0.29) is 5.91 Å². The van der Waals surface area contributed by atoms with Crippen LogP contribution in [0, 0.1) is 5.92 Å². The first kappa shape index (κ1) is 14.8. The van der Waals surface area contributed by atoms with E-state index < -0.39 is 0 Å². The van der Waals surface area contributed by atoms with E-state index in [4.69, 9.17) is 17.3 Å². The number of halogens is 1. The summed E-state index contributed by atoms with van der Waals surface area (Å²) in [5.41, 5.74) is 5.40. The van der Waals surface area contributed by atoms with Crippen LogP contribution in [0.2, 0.25) is 0 Å². The van der Waals surface area contributed by atoms with E-state index in [1.165, 1.54) is 0 Å². The van der Waals surface area contributed by atoms with Crippen molar-refractivity contribution in [2.24, 2.45) is 11.7 Å². The summed E-state index contributed by atoms with van der Waals surface area (Å²) in [6.45, 7) is 1.56. The van der Waals surface area contributed by atoms with Gasteiger partial charge in [0.05, 0.1) is 0 Å². The molecule has 100 valence electrons. The van der Waals surface area contributed by atoms with Crippen LogP contribution in [0.25, 0.3) is 0 Å². The van der Waals surface area contributed by atoms with E-state index in [9.17, 15) is 4.79 Å². The second-order valence-corrected chi connectivity index (χ2v) is 5.64. The van der Waals surface area contributed by atoms with Crippen LogP contribution < -0.4 is 11.1 Å². The SMILES string of the molecule is NCCCCCC(=O)NCC1CCC(Cl)CC1. The van der Waals surface area contributed by atoms with Gasteiger partial charge in [0.25, 0.3) is 0 Å². The van der Waals surface area contributed by atoms with Gasteiger partial charge in [-0.3, -0.25) is 4.79 Å². The summed E-state index contributed by atoms with van der Waals surface area (Å²) < 4.78 is 0. The van der Waals surface area contributed by atoms with Crippen LogP contribution in [0.1, 0.15) is 51.4 Å². The average molecular weight is 261 g/mol. The van der Waals surface area contributed by atoms with Crippen molar-refractivity contribution in [2.75, 3.05) is 13.1 Å². The highest BCUT2D eigenvalue weighted by Gasteiger charge is 2.19. The molecule has 0 radical (unpaired) electrons. The molecule has 0 aromatic heterocycles. The monoisotopic (exact) mass is 260 g/mol. The summed E-state index contributed by atoms with van der Waals surface area (Å²) in [5.74, 6) is 0.827. The molecule has 1 rings (SSSR count). The van der Waals surface area contributed by atoms with Gasteiger partial charge in [0, 0.05) is 18.3 Å². The molecule has 0 unspecified atom stereocenters. The summed E-state index contributed by atoms with van der Waals surface area (Å²) in [6, 6.07) is 0. The van der Waals surface area contributed by atoms with Gasteiger partial charge in [-0.15, -0.1) is 11.6 Å². The Bertz CT molecular complexity index is 215. The number of nitrogens with one attached hydrogen (secondary N) is 1. The topological polar surface area (TPSA) is 55.1 Å². The standard InChI is InChI=1S/C13H25ClN2O/c14-12-7-5-11(6-8-12)10-16-13(17)4-2-1-3-9-15/h11-12H,1-10,15H2,(H,16,17). The molecule has 0 heterocycles. The van der Waals surface area contributed by atoms with Crippen LogP contribution >= 0.6 is 11.6 Å². The van der Waals surface area contributed by atoms with Gasteiger partial charge in [0.2, 0.25) is 5.91 Å². The molecule has 0 atom stereocenters. The molecule has 0 aromatic carbocycles. The minimum atomic E-state index is 0.190. The number of nitrogens with two attached hydrogens (primary N) is 1. The highest BCUT2D eigenvalue weighted by atomic mass is 35.5. The third-order valence-corrected chi connectivity index (χ3v) is 3.91. The molecule has 0 aromatic rings. The summed E-state index contributed by atoms with van der Waals surface area (Å²) in [4.78, 5) is 11.5. The lowest BCUT2D eigenvalue weighted by Crippen LogP contribution is -2.31. The minimum absolute atomic E-state index is 0.190. The van der Waals surface area contributed by atoms with Crippen molar-refractivity contribution >= 4 is 17.5 Å². The van der Waals surface area contributed by atoms with Gasteiger partial charge in [-0.1, -0.05) is 6.42 Å². The minimum Gasteiger partial charge on any atom is -0.356 e. The fourth-order valence-electron chi connectivity index (χ4n) is 2.28. The number of carbonyl (C=O) groups is 1. The Morgan fingerprint density at radius 2 is 1.88 bits per heavy atom. The Kier molecular flexibility index (Phi) is 7.62. The molecule has 17 heavy (non-hydrogen) atoms. The van der Waals surface area contributed by atoms with Gasteiger partial charge in [0.1, 0.15) is 0 Å². The molecular formula is C13H25ClN2O. The zero-order valence-corrected chi connectivity index (χ0v) is 11.3. The first-order valence-electron chi connectivity index (χ1n) is 6.83. The van der Waals surface area contributed by atoms with E-state index in [2.05, 4.69) is 5.32 Å². The molecule has 1 fully saturated rings. The van der Waals surface area contributed by atoms with Gasteiger partial charge < -0.3 is 11.1 Å². The van der Waals surface area contributed by atoms with E-state index >= 15 is 0 Å². The molecule has 0 spiro atoms. The fourth-order valence-corrected chi connectivity index (χ4v) is 2.53. The van der Waals surface area contributed by atoms with Crippen LogP contribution in [0.15, 0.2) is 0 Å². The molecule has 1 aliphatic carbocycles. The van der Waals surface area contributed by atoms with Crippen molar-refractivity contribution in [2.45, 2.75) is 56.7 Å². The summed E-state index contributed by atoms with van der Waals surface area (Å²) >= 11 is 6.05. The lowest BCUT2D eigenvalue weighted by molar-refractivity contribution is -0.121. The molecule has 0 aliphatic heterocycles. The third-order valence-electron chi connectivity index (χ3n) is 3.47. The van der Waals surface area contributed by atoms with Gasteiger partial charge >= 0.3 is 0 Å². The zero-order valence-electron chi connectivity index (χ0n) is 10.6. The normalized spacial score (nSPS) is 24.6. The molecule has 4 heteroatoms. The van der Waals surface area contributed by atoms with Crippen LogP contribution in [-0.4, -0.2) is 24.4 Å².